The Morgan fingerprint density at radius 1 is 0.689 bits per heavy atom. The van der Waals surface area contributed by atoms with Gasteiger partial charge in [0.15, 0.2) is 0 Å². The van der Waals surface area contributed by atoms with Crippen LogP contribution in [0.3, 0.4) is 0 Å². The number of ketones is 2. The summed E-state index contributed by atoms with van der Waals surface area (Å²) in [4.78, 5) is 60.9. The number of hydrogen-bond donors (Lipinski definition) is 4. The van der Waals surface area contributed by atoms with Gasteiger partial charge in [-0.3, -0.25) is 19.2 Å². The fourth-order valence-corrected chi connectivity index (χ4v) is 11.3. The molecule has 2 aromatic carbocycles. The van der Waals surface area contributed by atoms with E-state index in [1.165, 1.54) is 13.8 Å². The number of carbonyl (C=O) groups is 4. The maximum Gasteiger partial charge on any atom is 0.246 e. The minimum atomic E-state index is -0.861. The quantitative estimate of drug-likeness (QED) is 0.0981. The summed E-state index contributed by atoms with van der Waals surface area (Å²) in [6, 6.07) is 12.1. The molecule has 0 spiro atoms. The molecule has 0 bridgehead atoms. The van der Waals surface area contributed by atoms with Gasteiger partial charge in [-0.05, 0) is 97.5 Å². The predicted octanol–water partition coefficient (Wildman–Crippen LogP) is 7.19. The summed E-state index contributed by atoms with van der Waals surface area (Å²) >= 11 is 17.1. The van der Waals surface area contributed by atoms with E-state index >= 15 is 0 Å². The molecule has 10 nitrogen and oxygen atoms in total. The van der Waals surface area contributed by atoms with Gasteiger partial charge in [-0.25, -0.2) is 0 Å². The van der Waals surface area contributed by atoms with E-state index in [0.29, 0.717) is 39.3 Å². The average molecular weight is 878 g/mol. The topological polar surface area (TPSA) is 130 Å². The van der Waals surface area contributed by atoms with E-state index in [4.69, 9.17) is 23.2 Å². The van der Waals surface area contributed by atoms with Gasteiger partial charge in [-0.1, -0.05) is 48.6 Å². The molecule has 4 aromatic rings. The van der Waals surface area contributed by atoms with E-state index in [1.54, 1.807) is 45.9 Å². The molecule has 4 heterocycles. The molecule has 0 radical (unpaired) electrons. The molecule has 2 fully saturated rings. The van der Waals surface area contributed by atoms with Crippen molar-refractivity contribution in [3.63, 3.8) is 0 Å². The van der Waals surface area contributed by atoms with Crippen LogP contribution >= 0.6 is 35.0 Å². The number of H-pyrrole nitrogens is 2. The number of fused-ring (bicyclic) bond motifs is 2. The molecule has 6 atom stereocenters. The van der Waals surface area contributed by atoms with Crippen LogP contribution < -0.4 is 10.6 Å². The molecule has 2 aromatic heterocycles. The van der Waals surface area contributed by atoms with Crippen molar-refractivity contribution < 1.29 is 19.2 Å². The number of nitrogens with one attached hydrogen (secondary N) is 4. The number of rotatable bonds is 10. The number of aromatic amines is 2. The number of aryl methyl sites for hydroxylation is 2. The number of allylic oxidation sites excluding steroid dienone is 8. The summed E-state index contributed by atoms with van der Waals surface area (Å²) in [5, 5.41) is 7.35. The monoisotopic (exact) mass is 876 g/mol. The maximum absolute atomic E-state index is 13.3. The molecule has 2 amide bonds. The molecule has 6 unspecified atom stereocenters. The van der Waals surface area contributed by atoms with Gasteiger partial charge in [0.05, 0.1) is 32.3 Å². The van der Waals surface area contributed by atoms with E-state index in [9.17, 15) is 19.2 Å². The second kappa shape index (κ2) is 17.5. The number of benzene rings is 2. The number of halogens is 2. The van der Waals surface area contributed by atoms with Crippen LogP contribution in [0.25, 0.3) is 21.8 Å². The Morgan fingerprint density at radius 2 is 1.11 bits per heavy atom. The number of nitrogens with zero attached hydrogens (tertiary/aromatic N) is 2. The van der Waals surface area contributed by atoms with Crippen LogP contribution in [-0.4, -0.2) is 105 Å². The molecule has 4 aliphatic rings. The Hall–Kier alpha value is -4.91. The number of thioether (sulfide) groups is 1. The lowest BCUT2D eigenvalue weighted by Crippen LogP contribution is -2.54. The van der Waals surface area contributed by atoms with Gasteiger partial charge in [0.1, 0.15) is 11.6 Å². The molecule has 61 heavy (non-hydrogen) atoms. The number of Topliss-reactive ketones (excluding diaryl/α,β-unsaturated/α-hetero) is 2. The van der Waals surface area contributed by atoms with Crippen molar-refractivity contribution in [2.24, 2.45) is 0 Å². The lowest BCUT2D eigenvalue weighted by molar-refractivity contribution is -0.130. The van der Waals surface area contributed by atoms with Crippen LogP contribution in [0, 0.1) is 13.8 Å². The highest BCUT2D eigenvalue weighted by molar-refractivity contribution is 8.01. The zero-order chi connectivity index (χ0) is 43.1. The fraction of sp³-hybridized carbons (Fsp3) is 0.333. The Morgan fingerprint density at radius 3 is 1.51 bits per heavy atom. The van der Waals surface area contributed by atoms with E-state index in [0.717, 1.165) is 55.2 Å². The molecule has 4 N–H and O–H groups in total. The number of alkyl halides is 2. The SMILES string of the molecule is CC(=O)C1CN(C(=O)/C=C/C2=CC(Cl)C(SC3(c4ccc5[nH]cc(C)c5c4)C=CC(/C=C/C(=O)N4CCNC(C(C)=O)C4)=CC3Cl)(c3ccc4[nH]cc(C)c4c3)C=C2)CCN1. The van der Waals surface area contributed by atoms with Crippen molar-refractivity contribution in [3.8, 4) is 0 Å². The molecule has 13 heteroatoms. The zero-order valence-electron chi connectivity index (χ0n) is 34.6. The first-order valence-electron chi connectivity index (χ1n) is 20.6. The standard InChI is InChI=1S/C48H50Cl2N6O4S/c1-29-25-53-39-9-7-35(23-37(29)39)47(15-13-33(21-43(47)49)5-11-45(59)55-19-17-51-41(27-55)31(3)57)61-48(36-8-10-40-38(24-36)30(2)26-54-40)16-14-34(22-44(48)50)6-12-46(60)56-20-18-52-42(28-56)32(4)58/h5-16,21-26,41-44,51-54H,17-20,27-28H2,1-4H3/b11-5+,12-6+. The van der Waals surface area contributed by atoms with Crippen LogP contribution in [0.2, 0.25) is 0 Å². The average Bonchev–Trinajstić information content (AvgIpc) is 3.84. The van der Waals surface area contributed by atoms with Gasteiger partial charge in [0, 0.05) is 85.6 Å². The lowest BCUT2D eigenvalue weighted by Gasteiger charge is -2.46. The minimum Gasteiger partial charge on any atom is -0.361 e. The van der Waals surface area contributed by atoms with Gasteiger partial charge in [-0.2, -0.15) is 0 Å². The summed E-state index contributed by atoms with van der Waals surface area (Å²) < 4.78 is -1.72. The van der Waals surface area contributed by atoms with E-state index < -0.39 is 20.2 Å². The number of amides is 2. The first kappa shape index (κ1) is 42.8. The molecular weight excluding hydrogens is 828 g/mol. The molecule has 316 valence electrons. The smallest absolute Gasteiger partial charge is 0.246 e. The Labute approximate surface area is 370 Å². The van der Waals surface area contributed by atoms with Crippen molar-refractivity contribution in [2.45, 2.75) is 60.0 Å². The third-order valence-corrected chi connectivity index (χ3v) is 15.5. The van der Waals surface area contributed by atoms with E-state index in [1.807, 2.05) is 36.7 Å². The van der Waals surface area contributed by atoms with Crippen LogP contribution in [0.4, 0.5) is 0 Å². The highest BCUT2D eigenvalue weighted by atomic mass is 35.5. The van der Waals surface area contributed by atoms with Crippen molar-refractivity contribution in [2.75, 3.05) is 39.3 Å². The lowest BCUT2D eigenvalue weighted by atomic mass is 9.86. The number of carbonyl (C=O) groups excluding carboxylic acids is 4. The van der Waals surface area contributed by atoms with E-state index in [-0.39, 0.29) is 35.5 Å². The van der Waals surface area contributed by atoms with Crippen molar-refractivity contribution in [1.82, 2.24) is 30.4 Å². The number of hydrogen-bond acceptors (Lipinski definition) is 7. The van der Waals surface area contributed by atoms with Gasteiger partial charge < -0.3 is 30.4 Å². The molecule has 2 aliphatic heterocycles. The van der Waals surface area contributed by atoms with Crippen LogP contribution in [0.5, 0.6) is 0 Å². The summed E-state index contributed by atoms with van der Waals surface area (Å²) in [6.07, 6.45) is 23.0. The highest BCUT2D eigenvalue weighted by Crippen LogP contribution is 2.59. The third-order valence-electron chi connectivity index (χ3n) is 12.4. The second-order valence-electron chi connectivity index (χ2n) is 16.4. The normalized spacial score (nSPS) is 27.0. The van der Waals surface area contributed by atoms with Crippen molar-refractivity contribution in [3.05, 3.63) is 143 Å². The summed E-state index contributed by atoms with van der Waals surface area (Å²) in [7, 11) is 0. The molecule has 2 saturated heterocycles. The maximum atomic E-state index is 13.3. The third kappa shape index (κ3) is 8.51. The minimum absolute atomic E-state index is 0.00742. The highest BCUT2D eigenvalue weighted by Gasteiger charge is 2.50. The second-order valence-corrected chi connectivity index (χ2v) is 18.9. The molecule has 2 aliphatic carbocycles. The van der Waals surface area contributed by atoms with Crippen LogP contribution in [0.1, 0.15) is 36.1 Å². The van der Waals surface area contributed by atoms with Crippen molar-refractivity contribution in [1.29, 1.82) is 0 Å². The summed E-state index contributed by atoms with van der Waals surface area (Å²) in [5.41, 5.74) is 7.83. The Kier molecular flexibility index (Phi) is 12.2. The summed E-state index contributed by atoms with van der Waals surface area (Å²) in [6.45, 7) is 10.0. The van der Waals surface area contributed by atoms with Gasteiger partial charge in [0.2, 0.25) is 11.8 Å². The van der Waals surface area contributed by atoms with Gasteiger partial charge in [-0.15, -0.1) is 35.0 Å². The zero-order valence-corrected chi connectivity index (χ0v) is 37.0. The Balaban J connectivity index is 1.16. The number of aromatic nitrogens is 2. The molecule has 0 saturated carbocycles. The Bertz CT molecular complexity index is 2430. The molecular formula is C48H50Cl2N6O4S. The number of piperazine rings is 2. The molecule has 8 rings (SSSR count). The first-order chi connectivity index (χ1) is 29.3. The first-order valence-corrected chi connectivity index (χ1v) is 22.3. The van der Waals surface area contributed by atoms with Crippen LogP contribution in [-0.2, 0) is 28.7 Å². The van der Waals surface area contributed by atoms with Crippen molar-refractivity contribution >= 4 is 80.2 Å². The fourth-order valence-electron chi connectivity index (χ4n) is 8.63. The van der Waals surface area contributed by atoms with Gasteiger partial charge >= 0.3 is 0 Å². The summed E-state index contributed by atoms with van der Waals surface area (Å²) in [5.74, 6) is -0.307. The van der Waals surface area contributed by atoms with Gasteiger partial charge in [0.25, 0.3) is 0 Å². The van der Waals surface area contributed by atoms with E-state index in [2.05, 4.69) is 83.0 Å². The predicted molar refractivity (Wildman–Crippen MR) is 247 cm³/mol. The van der Waals surface area contributed by atoms with Crippen LogP contribution in [0.15, 0.2) is 121 Å². The largest absolute Gasteiger partial charge is 0.361 e.